The fraction of sp³-hybridized carbons (Fsp3) is 0.250. The third-order valence-corrected chi connectivity index (χ3v) is 1.37. The summed E-state index contributed by atoms with van der Waals surface area (Å²) in [6.45, 7) is 0.465. The van der Waals surface area contributed by atoms with Gasteiger partial charge < -0.3 is 0 Å². The number of nitriles is 1. The molecule has 0 saturated carbocycles. The van der Waals surface area contributed by atoms with Gasteiger partial charge in [0.2, 0.25) is 0 Å². The lowest BCUT2D eigenvalue weighted by Gasteiger charge is -2.14. The van der Waals surface area contributed by atoms with E-state index in [9.17, 15) is 0 Å². The second kappa shape index (κ2) is 3.45. The van der Waals surface area contributed by atoms with Crippen molar-refractivity contribution in [2.24, 2.45) is 0 Å². The first kappa shape index (κ1) is 8.16. The quantitative estimate of drug-likeness (QED) is 0.570. The van der Waals surface area contributed by atoms with Gasteiger partial charge in [0.15, 0.2) is 0 Å². The molecular weight excluding hydrogens is 152 g/mol. The fourth-order valence-corrected chi connectivity index (χ4v) is 0.761. The van der Waals surface area contributed by atoms with Crippen LogP contribution in [0, 0.1) is 23.7 Å². The Balaban J connectivity index is 2.77. The van der Waals surface area contributed by atoms with Crippen molar-refractivity contribution in [3.63, 3.8) is 0 Å². The molecule has 1 aromatic heterocycles. The van der Waals surface area contributed by atoms with Crippen molar-refractivity contribution >= 4 is 0 Å². The Morgan fingerprint density at radius 3 is 3.08 bits per heavy atom. The molecule has 0 N–H and O–H groups in total. The van der Waals surface area contributed by atoms with E-state index in [-0.39, 0.29) is 0 Å². The maximum atomic E-state index is 8.50. The minimum atomic E-state index is 0.465. The number of rotatable bonds is 2. The van der Waals surface area contributed by atoms with Crippen LogP contribution in [0.2, 0.25) is 0 Å². The van der Waals surface area contributed by atoms with E-state index >= 15 is 0 Å². The Labute approximate surface area is 71.0 Å². The molecule has 4 nitrogen and oxygen atoms in total. The summed E-state index contributed by atoms with van der Waals surface area (Å²) in [5.41, 5.74) is 0.527. The van der Waals surface area contributed by atoms with Crippen molar-refractivity contribution in [1.82, 2.24) is 9.89 Å². The molecule has 4 heteroatoms. The van der Waals surface area contributed by atoms with Crippen molar-refractivity contribution in [2.75, 3.05) is 18.6 Å². The molecule has 0 radical (unpaired) electrons. The molecule has 0 amide bonds. The SMILES string of the molecule is C#CCN(C)n1cc(C#N)cn1. The Bertz CT molecular complexity index is 339. The van der Waals surface area contributed by atoms with E-state index < -0.39 is 0 Å². The normalized spacial score (nSPS) is 8.58. The molecule has 1 rings (SSSR count). The van der Waals surface area contributed by atoms with E-state index in [0.29, 0.717) is 12.1 Å². The van der Waals surface area contributed by atoms with Crippen LogP contribution < -0.4 is 5.01 Å². The van der Waals surface area contributed by atoms with Gasteiger partial charge in [-0.15, -0.1) is 6.42 Å². The molecule has 0 aromatic carbocycles. The molecule has 0 saturated heterocycles. The minimum absolute atomic E-state index is 0.465. The molecule has 1 heterocycles. The topological polar surface area (TPSA) is 44.9 Å². The molecule has 0 bridgehead atoms. The van der Waals surface area contributed by atoms with Gasteiger partial charge in [-0.05, 0) is 0 Å². The highest BCUT2D eigenvalue weighted by Crippen LogP contribution is 1.94. The van der Waals surface area contributed by atoms with E-state index in [0.717, 1.165) is 0 Å². The minimum Gasteiger partial charge on any atom is -0.288 e. The summed E-state index contributed by atoms with van der Waals surface area (Å²) in [5, 5.41) is 14.2. The largest absolute Gasteiger partial charge is 0.288 e. The summed E-state index contributed by atoms with van der Waals surface area (Å²) in [7, 11) is 1.80. The average Bonchev–Trinajstić information content (AvgIpc) is 2.52. The second-order valence-electron chi connectivity index (χ2n) is 2.28. The van der Waals surface area contributed by atoms with Gasteiger partial charge in [0, 0.05) is 7.05 Å². The van der Waals surface area contributed by atoms with Crippen LogP contribution in [0.5, 0.6) is 0 Å². The molecule has 60 valence electrons. The predicted octanol–water partition coefficient (Wildman–Crippen LogP) is -0.0442. The van der Waals surface area contributed by atoms with Crippen LogP contribution in [0.15, 0.2) is 12.4 Å². The van der Waals surface area contributed by atoms with Crippen LogP contribution in [-0.2, 0) is 0 Å². The lowest BCUT2D eigenvalue weighted by Crippen LogP contribution is -2.30. The van der Waals surface area contributed by atoms with Gasteiger partial charge in [-0.1, -0.05) is 5.92 Å². The smallest absolute Gasteiger partial charge is 0.103 e. The fourth-order valence-electron chi connectivity index (χ4n) is 0.761. The molecule has 0 aliphatic heterocycles. The van der Waals surface area contributed by atoms with E-state index in [1.807, 2.05) is 6.07 Å². The summed E-state index contributed by atoms with van der Waals surface area (Å²) in [6.07, 6.45) is 8.22. The summed E-state index contributed by atoms with van der Waals surface area (Å²) < 4.78 is 0. The van der Waals surface area contributed by atoms with E-state index in [1.54, 1.807) is 23.0 Å². The zero-order valence-electron chi connectivity index (χ0n) is 6.73. The predicted molar refractivity (Wildman–Crippen MR) is 44.8 cm³/mol. The average molecular weight is 160 g/mol. The zero-order valence-corrected chi connectivity index (χ0v) is 6.73. The van der Waals surface area contributed by atoms with Gasteiger partial charge in [0.05, 0.1) is 24.5 Å². The Hall–Kier alpha value is -1.94. The second-order valence-corrected chi connectivity index (χ2v) is 2.28. The molecule has 0 fully saturated rings. The van der Waals surface area contributed by atoms with E-state index in [2.05, 4.69) is 11.0 Å². The number of terminal acetylenes is 1. The summed E-state index contributed by atoms with van der Waals surface area (Å²) in [4.78, 5) is 1.54. The molecule has 12 heavy (non-hydrogen) atoms. The van der Waals surface area contributed by atoms with Crippen molar-refractivity contribution in [3.8, 4) is 18.4 Å². The van der Waals surface area contributed by atoms with Crippen LogP contribution >= 0.6 is 0 Å². The van der Waals surface area contributed by atoms with Gasteiger partial charge in [0.25, 0.3) is 0 Å². The Kier molecular flexibility index (Phi) is 2.35. The summed E-state index contributed by atoms with van der Waals surface area (Å²) >= 11 is 0. The van der Waals surface area contributed by atoms with Crippen LogP contribution in [0.25, 0.3) is 0 Å². The third kappa shape index (κ3) is 1.56. The highest BCUT2D eigenvalue weighted by Gasteiger charge is 1.99. The van der Waals surface area contributed by atoms with Gasteiger partial charge in [-0.2, -0.15) is 15.2 Å². The molecular formula is C8H8N4. The van der Waals surface area contributed by atoms with Gasteiger partial charge in [-0.25, -0.2) is 0 Å². The van der Waals surface area contributed by atoms with Crippen LogP contribution in [0.4, 0.5) is 0 Å². The summed E-state index contributed by atoms with van der Waals surface area (Å²) in [5.74, 6) is 2.48. The first-order valence-electron chi connectivity index (χ1n) is 3.37. The highest BCUT2D eigenvalue weighted by atomic mass is 15.6. The number of hydrogen-bond donors (Lipinski definition) is 0. The van der Waals surface area contributed by atoms with E-state index in [4.69, 9.17) is 11.7 Å². The highest BCUT2D eigenvalue weighted by molar-refractivity contribution is 5.22. The van der Waals surface area contributed by atoms with E-state index in [1.165, 1.54) is 6.20 Å². The standard InChI is InChI=1S/C8H8N4/c1-3-4-11(2)12-7-8(5-9)6-10-12/h1,6-7H,4H2,2H3. The number of aromatic nitrogens is 2. The molecule has 0 aliphatic carbocycles. The molecule has 0 atom stereocenters. The van der Waals surface area contributed by atoms with Crippen molar-refractivity contribution in [1.29, 1.82) is 5.26 Å². The number of hydrogen-bond acceptors (Lipinski definition) is 3. The first-order chi connectivity index (χ1) is 5.77. The molecule has 1 aromatic rings. The first-order valence-corrected chi connectivity index (χ1v) is 3.37. The van der Waals surface area contributed by atoms with Crippen molar-refractivity contribution in [2.45, 2.75) is 0 Å². The monoisotopic (exact) mass is 160 g/mol. The molecule has 0 spiro atoms. The lowest BCUT2D eigenvalue weighted by atomic mass is 10.4. The lowest BCUT2D eigenvalue weighted by molar-refractivity contribution is 0.616. The molecule has 0 unspecified atom stereocenters. The maximum Gasteiger partial charge on any atom is 0.103 e. The third-order valence-electron chi connectivity index (χ3n) is 1.37. The number of nitrogens with zero attached hydrogens (tertiary/aromatic N) is 4. The van der Waals surface area contributed by atoms with Crippen LogP contribution in [-0.4, -0.2) is 23.5 Å². The van der Waals surface area contributed by atoms with Crippen LogP contribution in [0.1, 0.15) is 5.56 Å². The van der Waals surface area contributed by atoms with Crippen LogP contribution in [0.3, 0.4) is 0 Å². The van der Waals surface area contributed by atoms with Gasteiger partial charge in [-0.3, -0.25) is 5.01 Å². The maximum absolute atomic E-state index is 8.50. The molecule has 0 aliphatic rings. The van der Waals surface area contributed by atoms with Gasteiger partial charge >= 0.3 is 0 Å². The Morgan fingerprint density at radius 1 is 1.83 bits per heavy atom. The van der Waals surface area contributed by atoms with Gasteiger partial charge in [0.1, 0.15) is 6.07 Å². The van der Waals surface area contributed by atoms with Crippen molar-refractivity contribution < 1.29 is 0 Å². The zero-order chi connectivity index (χ0) is 8.97. The summed E-state index contributed by atoms with van der Waals surface area (Å²) in [6, 6.07) is 1.98. The Morgan fingerprint density at radius 2 is 2.58 bits per heavy atom. The van der Waals surface area contributed by atoms with Crippen molar-refractivity contribution in [3.05, 3.63) is 18.0 Å².